The molecule has 4 nitrogen and oxygen atoms in total. The number of hydrogen-bond donors (Lipinski definition) is 2. The number of carbonyl (C=O) groups is 2. The van der Waals surface area contributed by atoms with Crippen molar-refractivity contribution in [3.8, 4) is 0 Å². The number of nitrogens with one attached hydrogen (secondary N) is 2. The maximum Gasteiger partial charge on any atom is 0.245 e. The Hall–Kier alpha value is -2.43. The van der Waals surface area contributed by atoms with Gasteiger partial charge in [0.05, 0.1) is 0 Å². The molecule has 0 saturated carbocycles. The first-order valence-electron chi connectivity index (χ1n) is 5.18. The smallest absolute Gasteiger partial charge is 0.245 e. The molecule has 5 heteroatoms. The lowest BCUT2D eigenvalue weighted by molar-refractivity contribution is -0.119. The molecule has 0 heterocycles. The van der Waals surface area contributed by atoms with E-state index in [2.05, 4.69) is 23.8 Å². The Morgan fingerprint density at radius 2 is 1.50 bits per heavy atom. The highest BCUT2D eigenvalue weighted by Crippen LogP contribution is 2.11. The summed E-state index contributed by atoms with van der Waals surface area (Å²) in [5.41, 5.74) is 0.543. The highest BCUT2D eigenvalue weighted by Gasteiger charge is 2.14. The quantitative estimate of drug-likeness (QED) is 0.611. The summed E-state index contributed by atoms with van der Waals surface area (Å²) in [6.07, 6.45) is 1.40. The molecule has 0 unspecified atom stereocenters. The predicted octanol–water partition coefficient (Wildman–Crippen LogP) is 1.43. The van der Waals surface area contributed by atoms with E-state index >= 15 is 0 Å². The van der Waals surface area contributed by atoms with Crippen LogP contribution in [-0.4, -0.2) is 11.8 Å². The summed E-state index contributed by atoms with van der Waals surface area (Å²) in [6.45, 7) is 6.63. The van der Waals surface area contributed by atoms with Gasteiger partial charge < -0.3 is 10.6 Å². The third-order valence-corrected chi connectivity index (χ3v) is 2.15. The van der Waals surface area contributed by atoms with Crippen molar-refractivity contribution in [1.82, 2.24) is 10.6 Å². The van der Waals surface area contributed by atoms with E-state index in [-0.39, 0.29) is 0 Å². The van der Waals surface area contributed by atoms with Crippen LogP contribution in [0, 0.1) is 5.82 Å². The van der Waals surface area contributed by atoms with Gasteiger partial charge in [0.15, 0.2) is 0 Å². The van der Waals surface area contributed by atoms with Crippen LogP contribution in [0.1, 0.15) is 11.7 Å². The van der Waals surface area contributed by atoms with Gasteiger partial charge in [0.2, 0.25) is 11.8 Å². The maximum absolute atomic E-state index is 12.8. The zero-order valence-corrected chi connectivity index (χ0v) is 9.65. The lowest BCUT2D eigenvalue weighted by Gasteiger charge is -2.19. The molecule has 0 atom stereocenters. The third-order valence-electron chi connectivity index (χ3n) is 2.15. The van der Waals surface area contributed by atoms with Crippen LogP contribution < -0.4 is 10.6 Å². The molecule has 1 aromatic rings. The average Bonchev–Trinajstić information content (AvgIpc) is 2.38. The van der Waals surface area contributed by atoms with Crippen LogP contribution in [0.15, 0.2) is 49.6 Å². The van der Waals surface area contributed by atoms with Gasteiger partial charge in [0.25, 0.3) is 0 Å². The summed E-state index contributed by atoms with van der Waals surface area (Å²) >= 11 is 0. The van der Waals surface area contributed by atoms with E-state index < -0.39 is 23.8 Å². The van der Waals surface area contributed by atoms with Gasteiger partial charge in [-0.3, -0.25) is 9.59 Å². The Bertz CT molecular complexity index is 446. The van der Waals surface area contributed by atoms with E-state index in [1.54, 1.807) is 0 Å². The molecule has 0 bridgehead atoms. The van der Waals surface area contributed by atoms with E-state index in [0.717, 1.165) is 12.2 Å². The molecule has 2 N–H and O–H groups in total. The fourth-order valence-corrected chi connectivity index (χ4v) is 1.26. The SMILES string of the molecule is C=CC(=O)NC(NC(=O)C=C)c1ccc(F)cc1. The minimum Gasteiger partial charge on any atom is -0.328 e. The van der Waals surface area contributed by atoms with Crippen molar-refractivity contribution in [2.24, 2.45) is 0 Å². The number of halogens is 1. The number of hydrogen-bond acceptors (Lipinski definition) is 2. The first-order chi connectivity index (χ1) is 8.56. The molecule has 18 heavy (non-hydrogen) atoms. The Morgan fingerprint density at radius 1 is 1.06 bits per heavy atom. The Kier molecular flexibility index (Phi) is 4.80. The maximum atomic E-state index is 12.8. The molecule has 0 aromatic heterocycles. The normalized spacial score (nSPS) is 9.67. The lowest BCUT2D eigenvalue weighted by Crippen LogP contribution is -2.39. The van der Waals surface area contributed by atoms with Crippen molar-refractivity contribution in [2.45, 2.75) is 6.17 Å². The molecule has 1 rings (SSSR count). The van der Waals surface area contributed by atoms with Gasteiger partial charge in [0, 0.05) is 0 Å². The van der Waals surface area contributed by atoms with Crippen molar-refractivity contribution >= 4 is 11.8 Å². The molecule has 2 amide bonds. The van der Waals surface area contributed by atoms with Crippen LogP contribution >= 0.6 is 0 Å². The predicted molar refractivity (Wildman–Crippen MR) is 65.8 cm³/mol. The molecule has 0 aliphatic rings. The highest BCUT2D eigenvalue weighted by atomic mass is 19.1. The number of benzene rings is 1. The van der Waals surface area contributed by atoms with Gasteiger partial charge >= 0.3 is 0 Å². The van der Waals surface area contributed by atoms with Gasteiger partial charge in [-0.15, -0.1) is 0 Å². The van der Waals surface area contributed by atoms with Gasteiger partial charge in [-0.25, -0.2) is 4.39 Å². The molecule has 0 aliphatic carbocycles. The Morgan fingerprint density at radius 3 is 1.89 bits per heavy atom. The zero-order valence-electron chi connectivity index (χ0n) is 9.65. The van der Waals surface area contributed by atoms with Crippen LogP contribution in [0.25, 0.3) is 0 Å². The number of amides is 2. The van der Waals surface area contributed by atoms with Crippen molar-refractivity contribution in [1.29, 1.82) is 0 Å². The minimum absolute atomic E-state index is 0.400. The van der Waals surface area contributed by atoms with Crippen LogP contribution in [0.3, 0.4) is 0 Å². The van der Waals surface area contributed by atoms with Gasteiger partial charge in [-0.2, -0.15) is 0 Å². The summed E-state index contributed by atoms with van der Waals surface area (Å²) in [5, 5.41) is 5.02. The van der Waals surface area contributed by atoms with Crippen molar-refractivity contribution in [3.63, 3.8) is 0 Å². The Balaban J connectivity index is 2.91. The van der Waals surface area contributed by atoms with Crippen LogP contribution in [0.4, 0.5) is 4.39 Å². The molecule has 0 radical (unpaired) electrons. The average molecular weight is 248 g/mol. The molecular formula is C13H13FN2O2. The second-order valence-corrected chi connectivity index (χ2v) is 3.41. The topological polar surface area (TPSA) is 58.2 Å². The summed E-state index contributed by atoms with van der Waals surface area (Å²) < 4.78 is 12.8. The zero-order chi connectivity index (χ0) is 13.5. The summed E-state index contributed by atoms with van der Waals surface area (Å²) in [4.78, 5) is 22.5. The lowest BCUT2D eigenvalue weighted by atomic mass is 10.1. The molecule has 0 fully saturated rings. The van der Waals surface area contributed by atoms with E-state index in [0.29, 0.717) is 5.56 Å². The third kappa shape index (κ3) is 3.86. The van der Waals surface area contributed by atoms with Crippen molar-refractivity contribution < 1.29 is 14.0 Å². The van der Waals surface area contributed by atoms with Gasteiger partial charge in [0.1, 0.15) is 12.0 Å². The monoisotopic (exact) mass is 248 g/mol. The second kappa shape index (κ2) is 6.34. The largest absolute Gasteiger partial charge is 0.328 e. The van der Waals surface area contributed by atoms with Crippen LogP contribution in [0.2, 0.25) is 0 Å². The summed E-state index contributed by atoms with van der Waals surface area (Å²) in [5.74, 6) is -1.30. The standard InChI is InChI=1S/C13H13FN2O2/c1-3-11(17)15-13(16-12(18)4-2)9-5-7-10(14)8-6-9/h3-8,13H,1-2H2,(H,15,17)(H,16,18). The van der Waals surface area contributed by atoms with E-state index in [1.807, 2.05) is 0 Å². The number of rotatable bonds is 5. The molecule has 0 saturated heterocycles. The summed E-state index contributed by atoms with van der Waals surface area (Å²) in [6, 6.07) is 5.41. The molecule has 94 valence electrons. The van der Waals surface area contributed by atoms with Crippen molar-refractivity contribution in [3.05, 3.63) is 61.0 Å². The Labute approximate surface area is 104 Å². The molecule has 0 aliphatic heterocycles. The van der Waals surface area contributed by atoms with E-state index in [1.165, 1.54) is 24.3 Å². The fourth-order valence-electron chi connectivity index (χ4n) is 1.26. The van der Waals surface area contributed by atoms with Crippen molar-refractivity contribution in [2.75, 3.05) is 0 Å². The van der Waals surface area contributed by atoms with Gasteiger partial charge in [-0.1, -0.05) is 25.3 Å². The molecule has 0 spiro atoms. The van der Waals surface area contributed by atoms with E-state index in [4.69, 9.17) is 0 Å². The second-order valence-electron chi connectivity index (χ2n) is 3.41. The van der Waals surface area contributed by atoms with Crippen LogP contribution in [0.5, 0.6) is 0 Å². The highest BCUT2D eigenvalue weighted by molar-refractivity contribution is 5.89. The van der Waals surface area contributed by atoms with Crippen LogP contribution in [-0.2, 0) is 9.59 Å². The number of carbonyl (C=O) groups excluding carboxylic acids is 2. The van der Waals surface area contributed by atoms with E-state index in [9.17, 15) is 14.0 Å². The fraction of sp³-hybridized carbons (Fsp3) is 0.0769. The molecule has 1 aromatic carbocycles. The first kappa shape index (κ1) is 13.6. The minimum atomic E-state index is -0.762. The first-order valence-corrected chi connectivity index (χ1v) is 5.18. The van der Waals surface area contributed by atoms with Gasteiger partial charge in [-0.05, 0) is 29.8 Å². The molecular weight excluding hydrogens is 235 g/mol. The summed E-state index contributed by atoms with van der Waals surface area (Å²) in [7, 11) is 0.